The van der Waals surface area contributed by atoms with Gasteiger partial charge in [-0.15, -0.1) is 11.3 Å². The number of thiophene rings is 1. The van der Waals surface area contributed by atoms with Crippen LogP contribution in [0.25, 0.3) is 11.1 Å². The van der Waals surface area contributed by atoms with E-state index in [-0.39, 0.29) is 19.1 Å². The summed E-state index contributed by atoms with van der Waals surface area (Å²) in [6.45, 7) is 3.68. The molecular weight excluding hydrogens is 490 g/mol. The molecule has 0 radical (unpaired) electrons. The van der Waals surface area contributed by atoms with Gasteiger partial charge in [0.15, 0.2) is 6.61 Å². The van der Waals surface area contributed by atoms with Crippen LogP contribution in [0, 0.1) is 6.92 Å². The van der Waals surface area contributed by atoms with Crippen molar-refractivity contribution in [3.8, 4) is 16.9 Å². The van der Waals surface area contributed by atoms with E-state index in [0.29, 0.717) is 21.3 Å². The molecule has 0 aliphatic carbocycles. The van der Waals surface area contributed by atoms with Crippen molar-refractivity contribution in [3.05, 3.63) is 68.5 Å². The molecule has 1 aromatic heterocycles. The lowest BCUT2D eigenvalue weighted by Crippen LogP contribution is -2.21. The zero-order chi connectivity index (χ0) is 21.7. The number of ether oxygens (including phenoxy) is 2. The first kappa shape index (κ1) is 22.3. The van der Waals surface area contributed by atoms with Crippen LogP contribution in [0.15, 0.2) is 53.0 Å². The van der Waals surface area contributed by atoms with Gasteiger partial charge in [-0.25, -0.2) is 4.79 Å². The Morgan fingerprint density at radius 3 is 2.40 bits per heavy atom. The van der Waals surface area contributed by atoms with Crippen LogP contribution in [0.4, 0.5) is 5.00 Å². The van der Waals surface area contributed by atoms with Crippen LogP contribution in [0.2, 0.25) is 5.02 Å². The minimum atomic E-state index is -0.490. The molecule has 0 bridgehead atoms. The van der Waals surface area contributed by atoms with Gasteiger partial charge < -0.3 is 14.8 Å². The quantitative estimate of drug-likeness (QED) is 0.379. The maximum absolute atomic E-state index is 12.7. The Morgan fingerprint density at radius 2 is 1.77 bits per heavy atom. The Balaban J connectivity index is 1.85. The number of aryl methyl sites for hydroxylation is 1. The van der Waals surface area contributed by atoms with E-state index in [1.165, 1.54) is 11.3 Å². The summed E-state index contributed by atoms with van der Waals surface area (Å²) in [6.07, 6.45) is 0. The Labute approximate surface area is 192 Å². The molecule has 0 saturated heterocycles. The van der Waals surface area contributed by atoms with Gasteiger partial charge in [0.05, 0.1) is 6.61 Å². The molecule has 1 amide bonds. The monoisotopic (exact) mass is 507 g/mol. The number of halogens is 2. The zero-order valence-corrected chi connectivity index (χ0v) is 19.5. The molecule has 5 nitrogen and oxygen atoms in total. The molecule has 0 atom stereocenters. The topological polar surface area (TPSA) is 64.6 Å². The minimum Gasteiger partial charge on any atom is -0.484 e. The molecule has 2 aromatic carbocycles. The number of hydrogen-bond donors (Lipinski definition) is 1. The van der Waals surface area contributed by atoms with Crippen LogP contribution in [-0.4, -0.2) is 25.1 Å². The number of esters is 1. The third-order valence-electron chi connectivity index (χ3n) is 4.13. The molecule has 0 unspecified atom stereocenters. The highest BCUT2D eigenvalue weighted by Crippen LogP contribution is 2.40. The van der Waals surface area contributed by atoms with Crippen molar-refractivity contribution in [2.75, 3.05) is 18.5 Å². The van der Waals surface area contributed by atoms with Gasteiger partial charge in [-0.1, -0.05) is 39.7 Å². The number of anilines is 1. The van der Waals surface area contributed by atoms with Crippen LogP contribution in [0.5, 0.6) is 5.75 Å². The van der Waals surface area contributed by atoms with E-state index in [1.807, 2.05) is 31.2 Å². The number of hydrogen-bond acceptors (Lipinski definition) is 5. The highest BCUT2D eigenvalue weighted by atomic mass is 79.9. The summed E-state index contributed by atoms with van der Waals surface area (Å²) in [4.78, 5) is 26.1. The van der Waals surface area contributed by atoms with Gasteiger partial charge in [-0.3, -0.25) is 4.79 Å². The lowest BCUT2D eigenvalue weighted by Gasteiger charge is -2.10. The second-order valence-corrected chi connectivity index (χ2v) is 8.83. The lowest BCUT2D eigenvalue weighted by molar-refractivity contribution is -0.118. The maximum Gasteiger partial charge on any atom is 0.341 e. The summed E-state index contributed by atoms with van der Waals surface area (Å²) in [5, 5.41) is 3.82. The summed E-state index contributed by atoms with van der Waals surface area (Å²) in [6, 6.07) is 14.4. The average Bonchev–Trinajstić information content (AvgIpc) is 3.04. The summed E-state index contributed by atoms with van der Waals surface area (Å²) in [5.41, 5.74) is 1.88. The Kier molecular flexibility index (Phi) is 7.53. The van der Waals surface area contributed by atoms with E-state index in [0.717, 1.165) is 20.5 Å². The van der Waals surface area contributed by atoms with E-state index in [1.54, 1.807) is 31.2 Å². The van der Waals surface area contributed by atoms with Crippen LogP contribution >= 0.6 is 38.9 Å². The molecule has 8 heteroatoms. The van der Waals surface area contributed by atoms with Gasteiger partial charge in [-0.2, -0.15) is 0 Å². The van der Waals surface area contributed by atoms with Crippen molar-refractivity contribution >= 4 is 55.7 Å². The van der Waals surface area contributed by atoms with Crippen molar-refractivity contribution in [2.24, 2.45) is 0 Å². The highest BCUT2D eigenvalue weighted by molar-refractivity contribution is 9.10. The van der Waals surface area contributed by atoms with Gasteiger partial charge in [0.1, 0.15) is 16.3 Å². The summed E-state index contributed by atoms with van der Waals surface area (Å²) >= 11 is 10.7. The van der Waals surface area contributed by atoms with Crippen LogP contribution in [-0.2, 0) is 9.53 Å². The van der Waals surface area contributed by atoms with Gasteiger partial charge in [-0.05, 0) is 55.8 Å². The largest absolute Gasteiger partial charge is 0.484 e. The first-order chi connectivity index (χ1) is 14.4. The van der Waals surface area contributed by atoms with Crippen LogP contribution in [0.3, 0.4) is 0 Å². The van der Waals surface area contributed by atoms with E-state index < -0.39 is 5.97 Å². The number of carbonyl (C=O) groups excluding carboxylic acids is 2. The normalized spacial score (nSPS) is 10.5. The number of rotatable bonds is 7. The first-order valence-corrected chi connectivity index (χ1v) is 11.1. The number of benzene rings is 2. The summed E-state index contributed by atoms with van der Waals surface area (Å²) < 4.78 is 11.7. The van der Waals surface area contributed by atoms with Crippen LogP contribution in [0.1, 0.15) is 22.2 Å². The van der Waals surface area contributed by atoms with Crippen LogP contribution < -0.4 is 10.1 Å². The van der Waals surface area contributed by atoms with Crippen molar-refractivity contribution < 1.29 is 19.1 Å². The smallest absolute Gasteiger partial charge is 0.341 e. The highest BCUT2D eigenvalue weighted by Gasteiger charge is 2.25. The summed E-state index contributed by atoms with van der Waals surface area (Å²) in [7, 11) is 0. The Bertz CT molecular complexity index is 1050. The van der Waals surface area contributed by atoms with Gasteiger partial charge in [0.25, 0.3) is 5.91 Å². The van der Waals surface area contributed by atoms with Gasteiger partial charge >= 0.3 is 5.97 Å². The third-order valence-corrected chi connectivity index (χ3v) is 5.93. The predicted octanol–water partition coefficient (Wildman–Crippen LogP) is 6.33. The lowest BCUT2D eigenvalue weighted by atomic mass is 10.0. The molecule has 0 saturated carbocycles. The average molecular weight is 509 g/mol. The van der Waals surface area contributed by atoms with E-state index in [4.69, 9.17) is 21.1 Å². The molecule has 30 heavy (non-hydrogen) atoms. The van der Waals surface area contributed by atoms with Crippen molar-refractivity contribution in [1.82, 2.24) is 0 Å². The van der Waals surface area contributed by atoms with E-state index in [9.17, 15) is 9.59 Å². The zero-order valence-electron chi connectivity index (χ0n) is 16.3. The second kappa shape index (κ2) is 10.1. The van der Waals surface area contributed by atoms with E-state index in [2.05, 4.69) is 21.2 Å². The van der Waals surface area contributed by atoms with Gasteiger partial charge in [0.2, 0.25) is 0 Å². The molecule has 0 aliphatic heterocycles. The van der Waals surface area contributed by atoms with Crippen molar-refractivity contribution in [1.29, 1.82) is 0 Å². The fourth-order valence-corrected chi connectivity index (χ4v) is 4.31. The molecule has 1 heterocycles. The molecule has 1 N–H and O–H groups in total. The molecular formula is C22H19BrClNO4S. The van der Waals surface area contributed by atoms with Gasteiger partial charge in [0, 0.05) is 19.9 Å². The molecule has 0 spiro atoms. The van der Waals surface area contributed by atoms with Crippen molar-refractivity contribution in [2.45, 2.75) is 13.8 Å². The SMILES string of the molecule is CCOC(=O)c1c(NC(=O)COc2ccc(Br)cc2)sc(C)c1-c1ccc(Cl)cc1. The maximum atomic E-state index is 12.7. The second-order valence-electron chi connectivity index (χ2n) is 6.26. The first-order valence-electron chi connectivity index (χ1n) is 9.13. The molecule has 3 aromatic rings. The van der Waals surface area contributed by atoms with Crippen molar-refractivity contribution in [3.63, 3.8) is 0 Å². The molecule has 0 fully saturated rings. The summed E-state index contributed by atoms with van der Waals surface area (Å²) in [5.74, 6) is -0.286. The number of nitrogens with one attached hydrogen (secondary N) is 1. The Hall–Kier alpha value is -2.35. The van der Waals surface area contributed by atoms with E-state index >= 15 is 0 Å². The Morgan fingerprint density at radius 1 is 1.10 bits per heavy atom. The minimum absolute atomic E-state index is 0.183. The third kappa shape index (κ3) is 5.41. The molecule has 3 rings (SSSR count). The fourth-order valence-electron chi connectivity index (χ4n) is 2.84. The number of amides is 1. The number of carbonyl (C=O) groups is 2. The predicted molar refractivity (Wildman–Crippen MR) is 124 cm³/mol. The fraction of sp³-hybridized carbons (Fsp3) is 0.182. The molecule has 156 valence electrons. The molecule has 0 aliphatic rings. The standard InChI is InChI=1S/C22H19BrClNO4S/c1-3-28-22(27)20-19(14-4-8-16(24)9-5-14)13(2)30-21(20)25-18(26)12-29-17-10-6-15(23)7-11-17/h4-11H,3,12H2,1-2H3,(H,25,26).